The van der Waals surface area contributed by atoms with Crippen molar-refractivity contribution in [1.29, 1.82) is 0 Å². The number of esters is 1. The van der Waals surface area contributed by atoms with Gasteiger partial charge in [-0.05, 0) is 35.9 Å². The van der Waals surface area contributed by atoms with Gasteiger partial charge in [-0.2, -0.15) is 13.2 Å². The van der Waals surface area contributed by atoms with E-state index in [9.17, 15) is 32.7 Å². The molecule has 0 unspecified atom stereocenters. The first kappa shape index (κ1) is 22.1. The normalized spacial score (nSPS) is 15.5. The first-order valence-corrected chi connectivity index (χ1v) is 9.74. The summed E-state index contributed by atoms with van der Waals surface area (Å²) in [4.78, 5) is 36.0. The molecule has 0 saturated heterocycles. The SMILES string of the molecule is COC(=O)c1ccc([C@H]2CC(=O)Nc3c(C(=O)O)cn(-c4cccc(C(F)(F)F)c4)c32)cc1. The van der Waals surface area contributed by atoms with Crippen LogP contribution in [0.15, 0.2) is 54.7 Å². The monoisotopic (exact) mass is 458 g/mol. The average molecular weight is 458 g/mol. The zero-order chi connectivity index (χ0) is 23.9. The fourth-order valence-electron chi connectivity index (χ4n) is 3.92. The first-order chi connectivity index (χ1) is 15.6. The molecule has 10 heteroatoms. The maximum absolute atomic E-state index is 13.3. The van der Waals surface area contributed by atoms with Crippen molar-refractivity contribution in [3.8, 4) is 5.69 Å². The summed E-state index contributed by atoms with van der Waals surface area (Å²) in [5.74, 6) is -2.99. The minimum atomic E-state index is -4.59. The van der Waals surface area contributed by atoms with Crippen molar-refractivity contribution in [2.75, 3.05) is 12.4 Å². The quantitative estimate of drug-likeness (QED) is 0.563. The molecule has 0 bridgehead atoms. The Kier molecular flexibility index (Phi) is 5.44. The van der Waals surface area contributed by atoms with E-state index in [1.165, 1.54) is 42.1 Å². The van der Waals surface area contributed by atoms with Gasteiger partial charge in [0.2, 0.25) is 5.91 Å². The van der Waals surface area contributed by atoms with Crippen molar-refractivity contribution in [3.63, 3.8) is 0 Å². The van der Waals surface area contributed by atoms with Crippen LogP contribution in [0.25, 0.3) is 5.69 Å². The van der Waals surface area contributed by atoms with Crippen LogP contribution < -0.4 is 5.32 Å². The predicted molar refractivity (Wildman–Crippen MR) is 111 cm³/mol. The summed E-state index contributed by atoms with van der Waals surface area (Å²) in [6.07, 6.45) is -3.45. The van der Waals surface area contributed by atoms with Crippen molar-refractivity contribution in [2.24, 2.45) is 0 Å². The van der Waals surface area contributed by atoms with Gasteiger partial charge in [-0.15, -0.1) is 0 Å². The Bertz CT molecular complexity index is 1260. The number of anilines is 1. The van der Waals surface area contributed by atoms with E-state index in [2.05, 4.69) is 10.1 Å². The van der Waals surface area contributed by atoms with Gasteiger partial charge in [0.1, 0.15) is 5.56 Å². The fourth-order valence-corrected chi connectivity index (χ4v) is 3.92. The van der Waals surface area contributed by atoms with E-state index in [0.717, 1.165) is 12.1 Å². The number of hydrogen-bond donors (Lipinski definition) is 2. The highest BCUT2D eigenvalue weighted by Gasteiger charge is 2.35. The van der Waals surface area contributed by atoms with Crippen LogP contribution in [0.4, 0.5) is 18.9 Å². The number of carbonyl (C=O) groups is 3. The summed E-state index contributed by atoms with van der Waals surface area (Å²) in [6, 6.07) is 10.7. The van der Waals surface area contributed by atoms with E-state index in [-0.39, 0.29) is 28.9 Å². The van der Waals surface area contributed by atoms with Crippen LogP contribution in [0.1, 0.15) is 49.9 Å². The Hall–Kier alpha value is -4.08. The van der Waals surface area contributed by atoms with Gasteiger partial charge in [0.05, 0.1) is 29.6 Å². The first-order valence-electron chi connectivity index (χ1n) is 9.74. The van der Waals surface area contributed by atoms with Gasteiger partial charge in [0.25, 0.3) is 0 Å². The molecule has 4 rings (SSSR count). The van der Waals surface area contributed by atoms with Crippen molar-refractivity contribution in [1.82, 2.24) is 4.57 Å². The number of methoxy groups -OCH3 is 1. The standard InChI is InChI=1S/C23H17F3N2O5/c1-33-22(32)13-7-5-12(6-8-13)16-10-18(29)27-19-17(21(30)31)11-28(20(16)19)15-4-2-3-14(9-15)23(24,25)26/h2-9,11,16H,10H2,1H3,(H,27,29)(H,30,31)/t16-/m1/s1. The number of hydrogen-bond acceptors (Lipinski definition) is 4. The van der Waals surface area contributed by atoms with Crippen molar-refractivity contribution in [3.05, 3.63) is 82.7 Å². The van der Waals surface area contributed by atoms with Gasteiger partial charge < -0.3 is 19.7 Å². The van der Waals surface area contributed by atoms with Gasteiger partial charge in [-0.3, -0.25) is 4.79 Å². The Balaban J connectivity index is 1.90. The van der Waals surface area contributed by atoms with E-state index >= 15 is 0 Å². The van der Waals surface area contributed by atoms with Crippen LogP contribution in [0.3, 0.4) is 0 Å². The molecular formula is C23H17F3N2O5. The molecule has 0 spiro atoms. The molecule has 1 aromatic heterocycles. The number of nitrogens with one attached hydrogen (secondary N) is 1. The third kappa shape index (κ3) is 4.07. The lowest BCUT2D eigenvalue weighted by atomic mass is 9.87. The molecule has 1 amide bonds. The van der Waals surface area contributed by atoms with Gasteiger partial charge in [-0.1, -0.05) is 18.2 Å². The molecular weight excluding hydrogens is 441 g/mol. The zero-order valence-electron chi connectivity index (χ0n) is 17.1. The maximum Gasteiger partial charge on any atom is 0.416 e. The van der Waals surface area contributed by atoms with Crippen LogP contribution in [0.2, 0.25) is 0 Å². The third-order valence-electron chi connectivity index (χ3n) is 5.44. The summed E-state index contributed by atoms with van der Waals surface area (Å²) in [5, 5.41) is 12.2. The van der Waals surface area contributed by atoms with E-state index in [1.54, 1.807) is 12.1 Å². The third-order valence-corrected chi connectivity index (χ3v) is 5.44. The second-order valence-corrected chi connectivity index (χ2v) is 7.44. The number of halogens is 3. The van der Waals surface area contributed by atoms with Crippen LogP contribution in [0.5, 0.6) is 0 Å². The Morgan fingerprint density at radius 2 is 1.85 bits per heavy atom. The predicted octanol–water partition coefficient (Wildman–Crippen LogP) is 4.46. The van der Waals surface area contributed by atoms with Gasteiger partial charge >= 0.3 is 18.1 Å². The molecule has 0 fully saturated rings. The summed E-state index contributed by atoms with van der Waals surface area (Å²) in [7, 11) is 1.24. The highest BCUT2D eigenvalue weighted by Crippen LogP contribution is 2.42. The molecule has 7 nitrogen and oxygen atoms in total. The highest BCUT2D eigenvalue weighted by molar-refractivity contribution is 6.04. The van der Waals surface area contributed by atoms with Crippen molar-refractivity contribution >= 4 is 23.5 Å². The molecule has 1 aliphatic heterocycles. The summed E-state index contributed by atoms with van der Waals surface area (Å²) in [6.45, 7) is 0. The van der Waals surface area contributed by atoms with Gasteiger partial charge in [0.15, 0.2) is 0 Å². The lowest BCUT2D eigenvalue weighted by Gasteiger charge is -2.26. The summed E-state index contributed by atoms with van der Waals surface area (Å²) >= 11 is 0. The number of alkyl halides is 3. The van der Waals surface area contributed by atoms with Crippen LogP contribution in [-0.4, -0.2) is 34.6 Å². The van der Waals surface area contributed by atoms with Crippen LogP contribution >= 0.6 is 0 Å². The van der Waals surface area contributed by atoms with Gasteiger partial charge in [-0.25, -0.2) is 9.59 Å². The van der Waals surface area contributed by atoms with E-state index in [4.69, 9.17) is 0 Å². The Morgan fingerprint density at radius 3 is 2.45 bits per heavy atom. The highest BCUT2D eigenvalue weighted by atomic mass is 19.4. The second kappa shape index (κ2) is 8.12. The van der Waals surface area contributed by atoms with Crippen molar-refractivity contribution < 1.29 is 37.4 Å². The minimum Gasteiger partial charge on any atom is -0.478 e. The number of aromatic nitrogens is 1. The number of nitrogens with zero attached hydrogens (tertiary/aromatic N) is 1. The van der Waals surface area contributed by atoms with E-state index < -0.39 is 35.5 Å². The number of aromatic carboxylic acids is 1. The molecule has 0 radical (unpaired) electrons. The topological polar surface area (TPSA) is 97.6 Å². The lowest BCUT2D eigenvalue weighted by Crippen LogP contribution is -2.25. The van der Waals surface area contributed by atoms with E-state index in [1.807, 2.05) is 0 Å². The van der Waals surface area contributed by atoms with Crippen LogP contribution in [-0.2, 0) is 15.7 Å². The second-order valence-electron chi connectivity index (χ2n) is 7.44. The number of ether oxygens (including phenoxy) is 1. The average Bonchev–Trinajstić information content (AvgIpc) is 3.17. The van der Waals surface area contributed by atoms with Crippen molar-refractivity contribution in [2.45, 2.75) is 18.5 Å². The summed E-state index contributed by atoms with van der Waals surface area (Å²) in [5.41, 5.74) is 0.185. The maximum atomic E-state index is 13.3. The number of carboxylic acids is 1. The smallest absolute Gasteiger partial charge is 0.416 e. The minimum absolute atomic E-state index is 0.0261. The molecule has 170 valence electrons. The molecule has 2 N–H and O–H groups in total. The number of rotatable bonds is 4. The molecule has 3 aromatic rings. The number of fused-ring (bicyclic) bond motifs is 1. The fraction of sp³-hybridized carbons (Fsp3) is 0.174. The molecule has 1 aliphatic rings. The van der Waals surface area contributed by atoms with Gasteiger partial charge in [0, 0.05) is 24.2 Å². The van der Waals surface area contributed by atoms with Crippen LogP contribution in [0, 0.1) is 0 Å². The lowest BCUT2D eigenvalue weighted by molar-refractivity contribution is -0.137. The number of amides is 1. The number of carbonyl (C=O) groups excluding carboxylic acids is 2. The molecule has 2 heterocycles. The zero-order valence-corrected chi connectivity index (χ0v) is 17.1. The molecule has 1 atom stereocenters. The largest absolute Gasteiger partial charge is 0.478 e. The number of benzene rings is 2. The molecule has 0 aliphatic carbocycles. The molecule has 0 saturated carbocycles. The van der Waals surface area contributed by atoms with E-state index in [0.29, 0.717) is 11.3 Å². The Labute approximate surface area is 185 Å². The molecule has 33 heavy (non-hydrogen) atoms. The Morgan fingerprint density at radius 1 is 1.15 bits per heavy atom. The summed E-state index contributed by atoms with van der Waals surface area (Å²) < 4.78 is 45.9. The number of carboxylic acid groups (broad SMARTS) is 1. The molecule has 2 aromatic carbocycles.